The number of carboxylic acid groups (broad SMARTS) is 1. The van der Waals surface area contributed by atoms with Gasteiger partial charge >= 0.3 is 18.8 Å². The van der Waals surface area contributed by atoms with Crippen molar-refractivity contribution >= 4 is 5.97 Å². The Bertz CT molecular complexity index is 792. The highest BCUT2D eigenvalue weighted by atomic mass is 19.4. The van der Waals surface area contributed by atoms with Crippen LogP contribution in [0.25, 0.3) is 0 Å². The van der Waals surface area contributed by atoms with E-state index in [-0.39, 0.29) is 11.7 Å². The molecular formula is C21H26F6N2O3. The average molecular weight is 468 g/mol. The summed E-state index contributed by atoms with van der Waals surface area (Å²) >= 11 is 0. The van der Waals surface area contributed by atoms with Crippen LogP contribution in [0.4, 0.5) is 26.3 Å². The maximum Gasteiger partial charge on any atom is 0.490 e. The number of benzene rings is 1. The maximum atomic E-state index is 13.4. The van der Waals surface area contributed by atoms with Gasteiger partial charge in [0.15, 0.2) is 0 Å². The molecule has 0 aromatic heterocycles. The zero-order chi connectivity index (χ0) is 23.5. The van der Waals surface area contributed by atoms with Gasteiger partial charge in [0.1, 0.15) is 11.6 Å². The van der Waals surface area contributed by atoms with E-state index in [1.807, 2.05) is 0 Å². The van der Waals surface area contributed by atoms with Crippen molar-refractivity contribution in [1.82, 2.24) is 10.2 Å². The topological polar surface area (TPSA) is 61.8 Å². The van der Waals surface area contributed by atoms with Gasteiger partial charge in [0.25, 0.3) is 0 Å². The van der Waals surface area contributed by atoms with Gasteiger partial charge in [-0.05, 0) is 68.2 Å². The highest BCUT2D eigenvalue weighted by molar-refractivity contribution is 5.73. The van der Waals surface area contributed by atoms with Crippen LogP contribution in [0.5, 0.6) is 5.75 Å². The molecule has 1 atom stereocenters. The van der Waals surface area contributed by atoms with Crippen molar-refractivity contribution in [3.63, 3.8) is 0 Å². The van der Waals surface area contributed by atoms with E-state index in [9.17, 15) is 26.3 Å². The Balaban J connectivity index is 0.000000360. The number of aliphatic carboxylic acids is 1. The second-order valence-electron chi connectivity index (χ2n) is 8.67. The Labute approximate surface area is 181 Å². The number of nitrogens with one attached hydrogen (secondary N) is 1. The molecule has 1 spiro atoms. The summed E-state index contributed by atoms with van der Waals surface area (Å²) in [6.45, 7) is 1.34. The molecule has 5 nitrogen and oxygen atoms in total. The number of hydrogen-bond acceptors (Lipinski definition) is 4. The molecule has 1 aromatic rings. The van der Waals surface area contributed by atoms with Crippen molar-refractivity contribution in [2.24, 2.45) is 5.41 Å². The van der Waals surface area contributed by atoms with Crippen LogP contribution >= 0.6 is 0 Å². The van der Waals surface area contributed by atoms with Crippen LogP contribution in [0.15, 0.2) is 18.2 Å². The molecule has 0 radical (unpaired) electrons. The van der Waals surface area contributed by atoms with Gasteiger partial charge in [-0.3, -0.25) is 0 Å². The van der Waals surface area contributed by atoms with Crippen LogP contribution in [-0.4, -0.2) is 61.0 Å². The molecule has 32 heavy (non-hydrogen) atoms. The van der Waals surface area contributed by atoms with Crippen molar-refractivity contribution in [2.75, 3.05) is 26.2 Å². The molecule has 2 saturated heterocycles. The summed E-state index contributed by atoms with van der Waals surface area (Å²) < 4.78 is 74.9. The molecule has 180 valence electrons. The van der Waals surface area contributed by atoms with Crippen molar-refractivity contribution in [2.45, 2.75) is 56.9 Å². The van der Waals surface area contributed by atoms with Crippen LogP contribution in [0.1, 0.15) is 43.6 Å². The van der Waals surface area contributed by atoms with E-state index >= 15 is 0 Å². The Morgan fingerprint density at radius 3 is 2.28 bits per heavy atom. The summed E-state index contributed by atoms with van der Waals surface area (Å²) in [6.07, 6.45) is 0.596. The SMILES string of the molecule is Fc1ccc(C2CCN([C@@H]3CCC4(CNC4)C3)CC2)c(OC(F)F)c1.O=C(O)C(F)(F)F. The first-order valence-electron chi connectivity index (χ1n) is 10.5. The molecule has 3 aliphatic rings. The minimum atomic E-state index is -5.08. The molecule has 3 fully saturated rings. The molecule has 1 saturated carbocycles. The Morgan fingerprint density at radius 1 is 1.19 bits per heavy atom. The summed E-state index contributed by atoms with van der Waals surface area (Å²) in [7, 11) is 0. The summed E-state index contributed by atoms with van der Waals surface area (Å²) in [5.74, 6) is -3.14. The second-order valence-corrected chi connectivity index (χ2v) is 8.67. The van der Waals surface area contributed by atoms with Crippen molar-refractivity contribution < 1.29 is 41.0 Å². The third-order valence-corrected chi connectivity index (χ3v) is 6.60. The van der Waals surface area contributed by atoms with Gasteiger partial charge in [0.2, 0.25) is 0 Å². The fraction of sp³-hybridized carbons (Fsp3) is 0.667. The number of carbonyl (C=O) groups is 1. The molecule has 2 N–H and O–H groups in total. The van der Waals surface area contributed by atoms with Gasteiger partial charge in [-0.15, -0.1) is 0 Å². The van der Waals surface area contributed by atoms with Crippen LogP contribution < -0.4 is 10.1 Å². The van der Waals surface area contributed by atoms with Crippen molar-refractivity contribution in [1.29, 1.82) is 0 Å². The summed E-state index contributed by atoms with van der Waals surface area (Å²) in [6, 6.07) is 4.69. The lowest BCUT2D eigenvalue weighted by molar-refractivity contribution is -0.192. The zero-order valence-corrected chi connectivity index (χ0v) is 17.3. The molecule has 2 heterocycles. The molecule has 1 aliphatic carbocycles. The van der Waals surface area contributed by atoms with E-state index in [1.54, 1.807) is 6.07 Å². The number of rotatable bonds is 4. The van der Waals surface area contributed by atoms with Crippen LogP contribution in [0.3, 0.4) is 0 Å². The van der Waals surface area contributed by atoms with Crippen molar-refractivity contribution in [3.05, 3.63) is 29.6 Å². The highest BCUT2D eigenvalue weighted by Crippen LogP contribution is 2.44. The fourth-order valence-electron chi connectivity index (χ4n) is 4.91. The molecule has 0 bridgehead atoms. The van der Waals surface area contributed by atoms with Gasteiger partial charge in [-0.25, -0.2) is 9.18 Å². The standard InChI is InChI=1S/C19H25F3N2O.C2HF3O2/c20-14-1-2-16(17(9-14)25-18(21)22)13-4-7-24(8-5-13)15-3-6-19(10-15)11-23-12-19;3-2(4,5)1(6)7/h1-2,9,13,15,18,23H,3-8,10-12H2;(H,6,7)/t15-;/m1./s1. The van der Waals surface area contributed by atoms with Crippen LogP contribution in [0.2, 0.25) is 0 Å². The minimum absolute atomic E-state index is 0.00573. The lowest BCUT2D eigenvalue weighted by Gasteiger charge is -2.41. The maximum absolute atomic E-state index is 13.4. The van der Waals surface area contributed by atoms with Crippen LogP contribution in [0, 0.1) is 11.2 Å². The van der Waals surface area contributed by atoms with E-state index in [0.717, 1.165) is 45.1 Å². The van der Waals surface area contributed by atoms with E-state index in [0.29, 0.717) is 17.0 Å². The smallest absolute Gasteiger partial charge is 0.475 e. The number of ether oxygens (including phenoxy) is 1. The van der Waals surface area contributed by atoms with Gasteiger partial charge in [0.05, 0.1) is 0 Å². The normalized spacial score (nSPS) is 23.5. The quantitative estimate of drug-likeness (QED) is 0.643. The average Bonchev–Trinajstić information content (AvgIpc) is 3.14. The fourth-order valence-corrected chi connectivity index (χ4v) is 4.91. The molecule has 1 aromatic carbocycles. The Hall–Kier alpha value is -2.01. The number of nitrogens with zero attached hydrogens (tertiary/aromatic N) is 1. The molecule has 4 rings (SSSR count). The molecule has 0 unspecified atom stereocenters. The van der Waals surface area contributed by atoms with E-state index < -0.39 is 24.6 Å². The zero-order valence-electron chi connectivity index (χ0n) is 17.3. The first kappa shape index (κ1) is 24.6. The molecule has 11 heteroatoms. The lowest BCUT2D eigenvalue weighted by atomic mass is 9.80. The van der Waals surface area contributed by atoms with E-state index in [1.165, 1.54) is 25.3 Å². The highest BCUT2D eigenvalue weighted by Gasteiger charge is 2.45. The number of likely N-dealkylation sites (tertiary alicyclic amines) is 1. The predicted molar refractivity (Wildman–Crippen MR) is 103 cm³/mol. The third-order valence-electron chi connectivity index (χ3n) is 6.60. The largest absolute Gasteiger partial charge is 0.490 e. The van der Waals surface area contributed by atoms with Gasteiger partial charge in [0, 0.05) is 25.2 Å². The summed E-state index contributed by atoms with van der Waals surface area (Å²) in [5.41, 5.74) is 1.25. The lowest BCUT2D eigenvalue weighted by Crippen LogP contribution is -2.52. The molecule has 2 aliphatic heterocycles. The first-order chi connectivity index (χ1) is 15.0. The minimum Gasteiger partial charge on any atom is -0.475 e. The number of piperidine rings is 1. The van der Waals surface area contributed by atoms with Gasteiger partial charge in [-0.2, -0.15) is 22.0 Å². The monoisotopic (exact) mass is 468 g/mol. The van der Waals surface area contributed by atoms with E-state index in [2.05, 4.69) is 15.0 Å². The number of halogens is 6. The first-order valence-corrected chi connectivity index (χ1v) is 10.5. The summed E-state index contributed by atoms with van der Waals surface area (Å²) in [4.78, 5) is 11.5. The number of alkyl halides is 5. The number of carboxylic acids is 1. The molecular weight excluding hydrogens is 442 g/mol. The number of hydrogen-bond donors (Lipinski definition) is 2. The molecule has 0 amide bonds. The third kappa shape index (κ3) is 6.06. The Kier molecular flexibility index (Phi) is 7.59. The van der Waals surface area contributed by atoms with Crippen LogP contribution in [-0.2, 0) is 4.79 Å². The van der Waals surface area contributed by atoms with Gasteiger partial charge < -0.3 is 20.1 Å². The van der Waals surface area contributed by atoms with E-state index in [4.69, 9.17) is 9.90 Å². The van der Waals surface area contributed by atoms with Crippen molar-refractivity contribution in [3.8, 4) is 5.75 Å². The van der Waals surface area contributed by atoms with Gasteiger partial charge in [-0.1, -0.05) is 6.07 Å². The Morgan fingerprint density at radius 2 is 1.81 bits per heavy atom. The second kappa shape index (κ2) is 9.86. The predicted octanol–water partition coefficient (Wildman–Crippen LogP) is 4.38. The summed E-state index contributed by atoms with van der Waals surface area (Å²) in [5, 5.41) is 10.5.